The van der Waals surface area contributed by atoms with Gasteiger partial charge in [0, 0.05) is 43.9 Å². The summed E-state index contributed by atoms with van der Waals surface area (Å²) in [7, 11) is 0. The molecule has 0 bridgehead atoms. The summed E-state index contributed by atoms with van der Waals surface area (Å²) in [5.41, 5.74) is -1.19. The first-order valence-electron chi connectivity index (χ1n) is 12.2. The molecule has 0 aliphatic carbocycles. The van der Waals surface area contributed by atoms with Crippen LogP contribution in [-0.4, -0.2) is 64.2 Å². The molecule has 10 nitrogen and oxygen atoms in total. The Labute approximate surface area is 212 Å². The van der Waals surface area contributed by atoms with E-state index < -0.39 is 52.4 Å². The number of aromatic nitrogens is 1. The number of nitrogens with one attached hydrogen (secondary N) is 3. The van der Waals surface area contributed by atoms with Crippen molar-refractivity contribution >= 4 is 23.4 Å². The van der Waals surface area contributed by atoms with Gasteiger partial charge in [-0.2, -0.15) is 0 Å². The fraction of sp³-hybridized carbons (Fsp3) is 0.440. The smallest absolute Gasteiger partial charge is 0.274 e. The molecule has 3 heterocycles. The van der Waals surface area contributed by atoms with Crippen molar-refractivity contribution in [1.29, 1.82) is 5.41 Å². The summed E-state index contributed by atoms with van der Waals surface area (Å²) in [4.78, 5) is 40.8. The number of carbonyl (C=O) groups is 3. The molecule has 0 spiro atoms. The van der Waals surface area contributed by atoms with E-state index in [9.17, 15) is 28.3 Å². The molecule has 2 aliphatic heterocycles. The minimum absolute atomic E-state index is 0.0651. The number of hydrogen-bond acceptors (Lipinski definition) is 6. The molecular weight excluding hydrogens is 488 g/mol. The summed E-state index contributed by atoms with van der Waals surface area (Å²) in [5.74, 6) is -4.97. The number of carbonyl (C=O) groups excluding carboxylic acids is 3. The first-order chi connectivity index (χ1) is 17.6. The fourth-order valence-electron chi connectivity index (χ4n) is 4.68. The van der Waals surface area contributed by atoms with E-state index in [0.717, 1.165) is 12.1 Å². The summed E-state index contributed by atoms with van der Waals surface area (Å²) < 4.78 is 34.9. The second kappa shape index (κ2) is 10.6. The number of aromatic hydroxyl groups is 1. The Morgan fingerprint density at radius 2 is 1.81 bits per heavy atom. The Kier molecular flexibility index (Phi) is 7.46. The molecule has 0 unspecified atom stereocenters. The lowest BCUT2D eigenvalue weighted by molar-refractivity contribution is -0.114. The molecule has 2 aliphatic rings. The van der Waals surface area contributed by atoms with E-state index >= 15 is 0 Å². The third-order valence-corrected chi connectivity index (χ3v) is 6.57. The van der Waals surface area contributed by atoms with Gasteiger partial charge in [0.1, 0.15) is 17.0 Å². The SMILES string of the molecule is CCN1C[C@H](C)n2c(c(O)c3c2C(=N)C(=O)NCCCCCOc2cc(F)c(F)cc2CNC3=O)C1=O. The maximum Gasteiger partial charge on any atom is 0.274 e. The number of fused-ring (bicyclic) bond motifs is 4. The van der Waals surface area contributed by atoms with Crippen molar-refractivity contribution in [2.45, 2.75) is 45.7 Å². The van der Waals surface area contributed by atoms with Crippen LogP contribution in [0.5, 0.6) is 11.5 Å². The number of halogens is 2. The average molecular weight is 518 g/mol. The summed E-state index contributed by atoms with van der Waals surface area (Å²) >= 11 is 0. The zero-order valence-corrected chi connectivity index (χ0v) is 20.6. The molecule has 2 aromatic rings. The predicted molar refractivity (Wildman–Crippen MR) is 129 cm³/mol. The Balaban J connectivity index is 1.82. The van der Waals surface area contributed by atoms with Crippen LogP contribution >= 0.6 is 0 Å². The summed E-state index contributed by atoms with van der Waals surface area (Å²) in [6.07, 6.45) is 1.81. The molecule has 0 radical (unpaired) electrons. The molecule has 4 N–H and O–H groups in total. The third kappa shape index (κ3) is 4.87. The van der Waals surface area contributed by atoms with Gasteiger partial charge in [-0.25, -0.2) is 8.78 Å². The molecule has 0 saturated carbocycles. The van der Waals surface area contributed by atoms with Gasteiger partial charge >= 0.3 is 0 Å². The number of benzene rings is 1. The quantitative estimate of drug-likeness (QED) is 0.461. The van der Waals surface area contributed by atoms with Crippen molar-refractivity contribution in [2.75, 3.05) is 26.2 Å². The maximum absolute atomic E-state index is 14.0. The molecule has 12 heteroatoms. The van der Waals surface area contributed by atoms with Crippen LogP contribution in [0.4, 0.5) is 8.78 Å². The fourth-order valence-corrected chi connectivity index (χ4v) is 4.68. The molecule has 1 atom stereocenters. The van der Waals surface area contributed by atoms with Crippen LogP contribution in [0.1, 0.15) is 71.3 Å². The van der Waals surface area contributed by atoms with Gasteiger partial charge in [-0.3, -0.25) is 19.8 Å². The average Bonchev–Trinajstić information content (AvgIpc) is 3.18. The zero-order chi connectivity index (χ0) is 26.9. The van der Waals surface area contributed by atoms with Crippen LogP contribution in [0.3, 0.4) is 0 Å². The molecule has 0 saturated heterocycles. The van der Waals surface area contributed by atoms with E-state index in [2.05, 4.69) is 10.6 Å². The highest BCUT2D eigenvalue weighted by Crippen LogP contribution is 2.37. The Bertz CT molecular complexity index is 1270. The monoisotopic (exact) mass is 517 g/mol. The Hall–Kier alpha value is -3.96. The van der Waals surface area contributed by atoms with Crippen LogP contribution in [0.15, 0.2) is 12.1 Å². The highest BCUT2D eigenvalue weighted by molar-refractivity contribution is 6.45. The summed E-state index contributed by atoms with van der Waals surface area (Å²) in [6.45, 7) is 4.31. The number of likely N-dealkylation sites (N-methyl/N-ethyl adjacent to an activating group) is 1. The number of hydrogen-bond donors (Lipinski definition) is 4. The second-order valence-electron chi connectivity index (χ2n) is 9.08. The number of ether oxygens (including phenoxy) is 1. The van der Waals surface area contributed by atoms with E-state index in [1.807, 2.05) is 0 Å². The van der Waals surface area contributed by atoms with Gasteiger partial charge in [-0.15, -0.1) is 0 Å². The number of nitrogens with zero attached hydrogens (tertiary/aromatic N) is 2. The van der Waals surface area contributed by atoms with E-state index in [1.165, 1.54) is 9.47 Å². The normalized spacial score (nSPS) is 19.4. The van der Waals surface area contributed by atoms with Gasteiger partial charge < -0.3 is 29.9 Å². The molecule has 1 aromatic heterocycles. The van der Waals surface area contributed by atoms with Gasteiger partial charge in [0.05, 0.1) is 12.3 Å². The number of amides is 3. The maximum atomic E-state index is 14.0. The van der Waals surface area contributed by atoms with E-state index in [4.69, 9.17) is 10.1 Å². The largest absolute Gasteiger partial charge is 0.505 e. The van der Waals surface area contributed by atoms with E-state index in [0.29, 0.717) is 25.8 Å². The molecule has 3 amide bonds. The Morgan fingerprint density at radius 1 is 1.08 bits per heavy atom. The zero-order valence-electron chi connectivity index (χ0n) is 20.6. The van der Waals surface area contributed by atoms with E-state index in [1.54, 1.807) is 13.8 Å². The lowest BCUT2D eigenvalue weighted by atomic mass is 10.1. The predicted octanol–water partition coefficient (Wildman–Crippen LogP) is 2.49. The first kappa shape index (κ1) is 26.1. The molecule has 37 heavy (non-hydrogen) atoms. The summed E-state index contributed by atoms with van der Waals surface area (Å²) in [6, 6.07) is 1.38. The van der Waals surface area contributed by atoms with Crippen molar-refractivity contribution in [3.05, 3.63) is 46.3 Å². The lowest BCUT2D eigenvalue weighted by Gasteiger charge is -2.33. The lowest BCUT2D eigenvalue weighted by Crippen LogP contribution is -2.43. The van der Waals surface area contributed by atoms with Crippen LogP contribution in [0.25, 0.3) is 0 Å². The van der Waals surface area contributed by atoms with Crippen LogP contribution in [-0.2, 0) is 11.3 Å². The van der Waals surface area contributed by atoms with Gasteiger partial charge in [0.15, 0.2) is 23.1 Å². The van der Waals surface area contributed by atoms with E-state index in [-0.39, 0.29) is 48.9 Å². The van der Waals surface area contributed by atoms with Crippen molar-refractivity contribution in [2.24, 2.45) is 0 Å². The number of rotatable bonds is 1. The molecule has 4 rings (SSSR count). The third-order valence-electron chi connectivity index (χ3n) is 6.57. The molecule has 198 valence electrons. The van der Waals surface area contributed by atoms with Gasteiger partial charge in [-0.05, 0) is 39.2 Å². The molecular formula is C25H29F2N5O5. The second-order valence-corrected chi connectivity index (χ2v) is 9.08. The Morgan fingerprint density at radius 3 is 2.54 bits per heavy atom. The van der Waals surface area contributed by atoms with Crippen LogP contribution < -0.4 is 15.4 Å². The van der Waals surface area contributed by atoms with Gasteiger partial charge in [0.25, 0.3) is 17.7 Å². The van der Waals surface area contributed by atoms with Gasteiger partial charge in [-0.1, -0.05) is 0 Å². The molecule has 0 fully saturated rings. The van der Waals surface area contributed by atoms with Crippen LogP contribution in [0.2, 0.25) is 0 Å². The minimum Gasteiger partial charge on any atom is -0.505 e. The van der Waals surface area contributed by atoms with Crippen molar-refractivity contribution in [1.82, 2.24) is 20.1 Å². The first-order valence-corrected chi connectivity index (χ1v) is 12.2. The van der Waals surface area contributed by atoms with Crippen LogP contribution in [0, 0.1) is 17.0 Å². The standard InChI is InChI=1S/C25H29F2N5O5/c1-3-31-12-13(2)32-20-18(22(33)21(32)25(31)36)23(34)30-11-14-9-15(26)16(27)10-17(14)37-8-6-4-5-7-29-24(35)19(20)28/h9-10,13,28,33H,3-8,11-12H2,1-2H3,(H,29,35)(H,30,34)/t13-/m0/s1. The summed E-state index contributed by atoms with van der Waals surface area (Å²) in [5, 5.41) is 24.8. The van der Waals surface area contributed by atoms with Crippen molar-refractivity contribution in [3.63, 3.8) is 0 Å². The highest BCUT2D eigenvalue weighted by Gasteiger charge is 2.40. The highest BCUT2D eigenvalue weighted by atomic mass is 19.2. The molecule has 1 aromatic carbocycles. The van der Waals surface area contributed by atoms with Crippen molar-refractivity contribution < 1.29 is 33.0 Å². The topological polar surface area (TPSA) is 137 Å². The minimum atomic E-state index is -1.12. The van der Waals surface area contributed by atoms with Gasteiger partial charge in [0.2, 0.25) is 0 Å². The van der Waals surface area contributed by atoms with Crippen molar-refractivity contribution in [3.8, 4) is 11.5 Å².